The maximum Gasteiger partial charge on any atom is 0.234 e. The highest BCUT2D eigenvalue weighted by atomic mass is 32.2. The zero-order valence-electron chi connectivity index (χ0n) is 14.4. The van der Waals surface area contributed by atoms with Crippen LogP contribution in [0.3, 0.4) is 0 Å². The molecule has 2 aromatic heterocycles. The molecule has 1 aromatic carbocycles. The number of hydrogen-bond donors (Lipinski definition) is 1. The molecule has 5 nitrogen and oxygen atoms in total. The van der Waals surface area contributed by atoms with Crippen molar-refractivity contribution in [3.05, 3.63) is 41.0 Å². The van der Waals surface area contributed by atoms with Gasteiger partial charge in [-0.25, -0.2) is 9.97 Å². The van der Waals surface area contributed by atoms with Gasteiger partial charge in [0, 0.05) is 10.3 Å². The maximum atomic E-state index is 12.4. The van der Waals surface area contributed by atoms with Crippen molar-refractivity contribution in [2.24, 2.45) is 0 Å². The molecule has 1 aliphatic rings. The lowest BCUT2D eigenvalue weighted by Crippen LogP contribution is -2.15. The van der Waals surface area contributed by atoms with Gasteiger partial charge in [-0.1, -0.05) is 23.9 Å². The van der Waals surface area contributed by atoms with E-state index >= 15 is 0 Å². The third-order valence-corrected chi connectivity index (χ3v) is 6.46. The number of aryl methyl sites for hydroxylation is 2. The Kier molecular flexibility index (Phi) is 5.08. The zero-order valence-corrected chi connectivity index (χ0v) is 16.1. The van der Waals surface area contributed by atoms with Crippen molar-refractivity contribution in [2.75, 3.05) is 17.7 Å². The lowest BCUT2D eigenvalue weighted by Gasteiger charge is -2.11. The SMILES string of the molecule is CCOc1ccccc1NC(=O)CSc1ncnc2sc3c(c12)CCC3. The Morgan fingerprint density at radius 1 is 1.31 bits per heavy atom. The fourth-order valence-corrected chi connectivity index (χ4v) is 5.30. The average molecular weight is 386 g/mol. The van der Waals surface area contributed by atoms with Crippen LogP contribution < -0.4 is 10.1 Å². The first-order valence-electron chi connectivity index (χ1n) is 8.66. The molecule has 0 unspecified atom stereocenters. The predicted molar refractivity (Wildman–Crippen MR) is 106 cm³/mol. The molecule has 3 aromatic rings. The number of ether oxygens (including phenoxy) is 1. The number of para-hydroxylation sites is 2. The molecule has 1 N–H and O–H groups in total. The van der Waals surface area contributed by atoms with E-state index in [1.807, 2.05) is 31.2 Å². The van der Waals surface area contributed by atoms with E-state index in [2.05, 4.69) is 15.3 Å². The third kappa shape index (κ3) is 3.41. The van der Waals surface area contributed by atoms with Gasteiger partial charge >= 0.3 is 0 Å². The Labute approximate surface area is 160 Å². The highest BCUT2D eigenvalue weighted by molar-refractivity contribution is 8.00. The number of aromatic nitrogens is 2. The molecule has 0 saturated heterocycles. The van der Waals surface area contributed by atoms with Crippen LogP contribution in [0, 0.1) is 0 Å². The summed E-state index contributed by atoms with van der Waals surface area (Å²) in [6.45, 7) is 2.48. The summed E-state index contributed by atoms with van der Waals surface area (Å²) in [5.41, 5.74) is 2.08. The largest absolute Gasteiger partial charge is 0.492 e. The molecule has 134 valence electrons. The summed E-state index contributed by atoms with van der Waals surface area (Å²) in [7, 11) is 0. The van der Waals surface area contributed by atoms with Gasteiger partial charge in [0.05, 0.1) is 18.0 Å². The van der Waals surface area contributed by atoms with Gasteiger partial charge < -0.3 is 10.1 Å². The second-order valence-corrected chi connectivity index (χ2v) is 8.03. The number of benzene rings is 1. The van der Waals surface area contributed by atoms with Crippen LogP contribution in [0.5, 0.6) is 5.75 Å². The lowest BCUT2D eigenvalue weighted by molar-refractivity contribution is -0.113. The topological polar surface area (TPSA) is 64.1 Å². The van der Waals surface area contributed by atoms with E-state index in [1.54, 1.807) is 17.7 Å². The van der Waals surface area contributed by atoms with Crippen molar-refractivity contribution < 1.29 is 9.53 Å². The number of carbonyl (C=O) groups excluding carboxylic acids is 1. The number of fused-ring (bicyclic) bond motifs is 3. The number of nitrogens with one attached hydrogen (secondary N) is 1. The normalized spacial score (nSPS) is 13.0. The van der Waals surface area contributed by atoms with Crippen molar-refractivity contribution in [1.82, 2.24) is 9.97 Å². The Balaban J connectivity index is 1.48. The van der Waals surface area contributed by atoms with E-state index < -0.39 is 0 Å². The molecule has 0 atom stereocenters. The van der Waals surface area contributed by atoms with Gasteiger partial charge in [-0.05, 0) is 43.9 Å². The van der Waals surface area contributed by atoms with E-state index in [4.69, 9.17) is 4.74 Å². The first-order valence-corrected chi connectivity index (χ1v) is 10.5. The number of nitrogens with zero attached hydrogens (tertiary/aromatic N) is 2. The molecule has 0 saturated carbocycles. The molecule has 0 fully saturated rings. The Hall–Kier alpha value is -2.12. The summed E-state index contributed by atoms with van der Waals surface area (Å²) in [5.74, 6) is 0.922. The highest BCUT2D eigenvalue weighted by Crippen LogP contribution is 2.40. The summed E-state index contributed by atoms with van der Waals surface area (Å²) < 4.78 is 5.56. The fraction of sp³-hybridized carbons (Fsp3) is 0.316. The molecule has 0 spiro atoms. The van der Waals surface area contributed by atoms with Crippen LogP contribution in [0.25, 0.3) is 10.2 Å². The number of thioether (sulfide) groups is 1. The van der Waals surface area contributed by atoms with Gasteiger partial charge in [0.1, 0.15) is 21.9 Å². The monoisotopic (exact) mass is 385 g/mol. The summed E-state index contributed by atoms with van der Waals surface area (Å²) >= 11 is 3.23. The van der Waals surface area contributed by atoms with E-state index in [0.29, 0.717) is 23.8 Å². The number of amides is 1. The zero-order chi connectivity index (χ0) is 17.9. The molecule has 1 amide bonds. The highest BCUT2D eigenvalue weighted by Gasteiger charge is 2.21. The minimum atomic E-state index is -0.0687. The average Bonchev–Trinajstić information content (AvgIpc) is 3.23. The predicted octanol–water partition coefficient (Wildman–Crippen LogP) is 4.31. The maximum absolute atomic E-state index is 12.4. The smallest absolute Gasteiger partial charge is 0.234 e. The lowest BCUT2D eigenvalue weighted by atomic mass is 10.2. The summed E-state index contributed by atoms with van der Waals surface area (Å²) in [6.07, 6.45) is 5.02. The first kappa shape index (κ1) is 17.3. The number of thiophene rings is 1. The van der Waals surface area contributed by atoms with Gasteiger partial charge in [0.25, 0.3) is 0 Å². The fourth-order valence-electron chi connectivity index (χ4n) is 3.18. The Bertz CT molecular complexity index is 955. The van der Waals surface area contributed by atoms with Crippen LogP contribution in [0.1, 0.15) is 23.8 Å². The molecule has 0 aliphatic heterocycles. The van der Waals surface area contributed by atoms with Crippen molar-refractivity contribution >= 4 is 44.9 Å². The molecule has 0 bridgehead atoms. The second-order valence-electron chi connectivity index (χ2n) is 5.98. The molecule has 4 rings (SSSR count). The van der Waals surface area contributed by atoms with Crippen LogP contribution >= 0.6 is 23.1 Å². The molecule has 2 heterocycles. The van der Waals surface area contributed by atoms with Crippen molar-refractivity contribution in [3.8, 4) is 5.75 Å². The third-order valence-electron chi connectivity index (χ3n) is 4.27. The van der Waals surface area contributed by atoms with Gasteiger partial charge in [-0.3, -0.25) is 4.79 Å². The van der Waals surface area contributed by atoms with Gasteiger partial charge in [-0.15, -0.1) is 11.3 Å². The van der Waals surface area contributed by atoms with E-state index in [9.17, 15) is 4.79 Å². The molecular formula is C19H19N3O2S2. The number of anilines is 1. The van der Waals surface area contributed by atoms with Crippen LogP contribution in [0.4, 0.5) is 5.69 Å². The quantitative estimate of drug-likeness (QED) is 0.506. The molecule has 1 aliphatic carbocycles. The minimum Gasteiger partial charge on any atom is -0.492 e. The Morgan fingerprint density at radius 2 is 2.19 bits per heavy atom. The van der Waals surface area contributed by atoms with E-state index in [1.165, 1.54) is 28.6 Å². The van der Waals surface area contributed by atoms with E-state index in [-0.39, 0.29) is 5.91 Å². The van der Waals surface area contributed by atoms with Gasteiger partial charge in [0.2, 0.25) is 5.91 Å². The molecule has 0 radical (unpaired) electrons. The van der Waals surface area contributed by atoms with Crippen molar-refractivity contribution in [1.29, 1.82) is 0 Å². The number of carbonyl (C=O) groups is 1. The number of rotatable bonds is 6. The standard InChI is InChI=1S/C19H19N3O2S2/c1-2-24-14-8-4-3-7-13(14)22-16(23)10-25-18-17-12-6-5-9-15(12)26-19(17)21-11-20-18/h3-4,7-8,11H,2,5-6,9-10H2,1H3,(H,22,23). The summed E-state index contributed by atoms with van der Waals surface area (Å²) in [5, 5.41) is 4.99. The van der Waals surface area contributed by atoms with Crippen LogP contribution in [-0.4, -0.2) is 28.2 Å². The minimum absolute atomic E-state index is 0.0687. The van der Waals surface area contributed by atoms with Crippen LogP contribution in [0.15, 0.2) is 35.6 Å². The van der Waals surface area contributed by atoms with Crippen LogP contribution in [-0.2, 0) is 17.6 Å². The molecule has 7 heteroatoms. The van der Waals surface area contributed by atoms with Gasteiger partial charge in [0.15, 0.2) is 0 Å². The van der Waals surface area contributed by atoms with Crippen molar-refractivity contribution in [2.45, 2.75) is 31.2 Å². The summed E-state index contributed by atoms with van der Waals surface area (Å²) in [4.78, 5) is 23.7. The van der Waals surface area contributed by atoms with Gasteiger partial charge in [-0.2, -0.15) is 0 Å². The van der Waals surface area contributed by atoms with Crippen molar-refractivity contribution in [3.63, 3.8) is 0 Å². The van der Waals surface area contributed by atoms with Crippen LogP contribution in [0.2, 0.25) is 0 Å². The van der Waals surface area contributed by atoms with E-state index in [0.717, 1.165) is 28.1 Å². The molecular weight excluding hydrogens is 366 g/mol. The molecule has 26 heavy (non-hydrogen) atoms. The number of hydrogen-bond acceptors (Lipinski definition) is 6. The second kappa shape index (κ2) is 7.63. The summed E-state index contributed by atoms with van der Waals surface area (Å²) in [6, 6.07) is 7.48. The Morgan fingerprint density at radius 3 is 3.08 bits per heavy atom. The first-order chi connectivity index (χ1) is 12.8.